The molecule has 0 aromatic heterocycles. The SMILES string of the molecule is CCOC(=O)C(Cc1cccc(OCC)c1)C(O)c1ccc(Cl)cc1. The fourth-order valence-corrected chi connectivity index (χ4v) is 2.77. The van der Waals surface area contributed by atoms with Gasteiger partial charge < -0.3 is 14.6 Å². The monoisotopic (exact) mass is 362 g/mol. The Morgan fingerprint density at radius 3 is 2.48 bits per heavy atom. The molecule has 134 valence electrons. The molecule has 2 atom stereocenters. The average Bonchev–Trinajstić information content (AvgIpc) is 2.60. The first-order chi connectivity index (χ1) is 12.0. The van der Waals surface area contributed by atoms with Crippen LogP contribution in [0.2, 0.25) is 5.02 Å². The number of rotatable bonds is 8. The standard InChI is InChI=1S/C20H23ClO4/c1-3-24-17-7-5-6-14(12-17)13-18(20(23)25-4-2)19(22)15-8-10-16(21)11-9-15/h5-12,18-19,22H,3-4,13H2,1-2H3. The Hall–Kier alpha value is -2.04. The average molecular weight is 363 g/mol. The van der Waals surface area contributed by atoms with Gasteiger partial charge in [-0.25, -0.2) is 0 Å². The van der Waals surface area contributed by atoms with Crippen molar-refractivity contribution in [1.29, 1.82) is 0 Å². The van der Waals surface area contributed by atoms with E-state index in [-0.39, 0.29) is 6.61 Å². The van der Waals surface area contributed by atoms with Crippen molar-refractivity contribution in [2.45, 2.75) is 26.4 Å². The number of benzene rings is 2. The smallest absolute Gasteiger partial charge is 0.312 e. The molecule has 2 unspecified atom stereocenters. The van der Waals surface area contributed by atoms with Crippen LogP contribution in [0.4, 0.5) is 0 Å². The lowest BCUT2D eigenvalue weighted by molar-refractivity contribution is -0.152. The summed E-state index contributed by atoms with van der Waals surface area (Å²) in [6.07, 6.45) is -0.629. The zero-order chi connectivity index (χ0) is 18.2. The van der Waals surface area contributed by atoms with Crippen LogP contribution in [-0.2, 0) is 16.0 Å². The lowest BCUT2D eigenvalue weighted by Crippen LogP contribution is -2.26. The number of carbonyl (C=O) groups excluding carboxylic acids is 1. The molecule has 0 aliphatic rings. The molecule has 0 bridgehead atoms. The minimum Gasteiger partial charge on any atom is -0.494 e. The lowest BCUT2D eigenvalue weighted by atomic mass is 9.89. The van der Waals surface area contributed by atoms with Gasteiger partial charge in [-0.1, -0.05) is 35.9 Å². The second-order valence-corrected chi connectivity index (χ2v) is 6.08. The van der Waals surface area contributed by atoms with Crippen LogP contribution in [0.5, 0.6) is 5.75 Å². The van der Waals surface area contributed by atoms with Gasteiger partial charge in [0.05, 0.1) is 25.2 Å². The van der Waals surface area contributed by atoms with Crippen molar-refractivity contribution in [3.63, 3.8) is 0 Å². The van der Waals surface area contributed by atoms with Gasteiger partial charge in [-0.15, -0.1) is 0 Å². The van der Waals surface area contributed by atoms with E-state index in [9.17, 15) is 9.90 Å². The Bertz CT molecular complexity index is 684. The van der Waals surface area contributed by atoms with E-state index in [4.69, 9.17) is 21.1 Å². The molecule has 5 heteroatoms. The first kappa shape index (κ1) is 19.3. The number of esters is 1. The highest BCUT2D eigenvalue weighted by Crippen LogP contribution is 2.28. The van der Waals surface area contributed by atoms with Crippen LogP contribution >= 0.6 is 11.6 Å². The number of carbonyl (C=O) groups is 1. The van der Waals surface area contributed by atoms with Crippen molar-refractivity contribution in [2.24, 2.45) is 5.92 Å². The van der Waals surface area contributed by atoms with E-state index in [0.29, 0.717) is 23.6 Å². The molecule has 0 heterocycles. The van der Waals surface area contributed by atoms with Crippen LogP contribution in [-0.4, -0.2) is 24.3 Å². The Kier molecular flexibility index (Phi) is 7.29. The summed E-state index contributed by atoms with van der Waals surface area (Å²) in [7, 11) is 0. The summed E-state index contributed by atoms with van der Waals surface area (Å²) in [5.41, 5.74) is 1.53. The zero-order valence-corrected chi connectivity index (χ0v) is 15.2. The van der Waals surface area contributed by atoms with Gasteiger partial charge in [0.2, 0.25) is 0 Å². The van der Waals surface area contributed by atoms with E-state index in [0.717, 1.165) is 11.3 Å². The van der Waals surface area contributed by atoms with E-state index < -0.39 is 18.0 Å². The normalized spacial score (nSPS) is 13.1. The highest BCUT2D eigenvalue weighted by atomic mass is 35.5. The van der Waals surface area contributed by atoms with Gasteiger partial charge in [-0.05, 0) is 55.7 Å². The molecule has 4 nitrogen and oxygen atoms in total. The fraction of sp³-hybridized carbons (Fsp3) is 0.350. The first-order valence-corrected chi connectivity index (χ1v) is 8.74. The number of ether oxygens (including phenoxy) is 2. The largest absolute Gasteiger partial charge is 0.494 e. The Labute approximate surface area is 153 Å². The zero-order valence-electron chi connectivity index (χ0n) is 14.4. The predicted molar refractivity (Wildman–Crippen MR) is 97.8 cm³/mol. The summed E-state index contributed by atoms with van der Waals surface area (Å²) < 4.78 is 10.7. The molecule has 0 amide bonds. The summed E-state index contributed by atoms with van der Waals surface area (Å²) in [5, 5.41) is 11.3. The van der Waals surface area contributed by atoms with Gasteiger partial charge in [0.15, 0.2) is 0 Å². The maximum Gasteiger partial charge on any atom is 0.312 e. The highest BCUT2D eigenvalue weighted by molar-refractivity contribution is 6.30. The van der Waals surface area contributed by atoms with Gasteiger partial charge in [-0.2, -0.15) is 0 Å². The molecule has 0 aliphatic carbocycles. The maximum atomic E-state index is 12.4. The first-order valence-electron chi connectivity index (χ1n) is 8.37. The summed E-state index contributed by atoms with van der Waals surface area (Å²) in [5.74, 6) is -0.395. The van der Waals surface area contributed by atoms with Gasteiger partial charge >= 0.3 is 5.97 Å². The van der Waals surface area contributed by atoms with Crippen molar-refractivity contribution in [2.75, 3.05) is 13.2 Å². The van der Waals surface area contributed by atoms with Gasteiger partial charge in [-0.3, -0.25) is 4.79 Å². The molecular formula is C20H23ClO4. The van der Waals surface area contributed by atoms with Crippen LogP contribution in [0.1, 0.15) is 31.1 Å². The molecule has 2 aromatic rings. The number of aliphatic hydroxyl groups excluding tert-OH is 1. The van der Waals surface area contributed by atoms with Crippen LogP contribution in [0.25, 0.3) is 0 Å². The van der Waals surface area contributed by atoms with E-state index in [1.54, 1.807) is 31.2 Å². The third-order valence-electron chi connectivity index (χ3n) is 3.85. The van der Waals surface area contributed by atoms with E-state index in [2.05, 4.69) is 0 Å². The summed E-state index contributed by atoms with van der Waals surface area (Å²) in [4.78, 5) is 12.4. The molecule has 0 saturated heterocycles. The predicted octanol–water partition coefficient (Wildman–Crippen LogP) is 4.19. The third kappa shape index (κ3) is 5.48. The molecule has 0 aliphatic heterocycles. The maximum absolute atomic E-state index is 12.4. The Morgan fingerprint density at radius 2 is 1.84 bits per heavy atom. The molecule has 0 saturated carbocycles. The van der Waals surface area contributed by atoms with E-state index >= 15 is 0 Å². The van der Waals surface area contributed by atoms with Crippen LogP contribution in [0.15, 0.2) is 48.5 Å². The number of hydrogen-bond acceptors (Lipinski definition) is 4. The Balaban J connectivity index is 2.24. The second kappa shape index (κ2) is 9.44. The number of aliphatic hydroxyl groups is 1. The van der Waals surface area contributed by atoms with Gasteiger partial charge in [0, 0.05) is 5.02 Å². The summed E-state index contributed by atoms with van der Waals surface area (Å²) in [6, 6.07) is 14.3. The van der Waals surface area contributed by atoms with Crippen molar-refractivity contribution >= 4 is 17.6 Å². The minimum atomic E-state index is -0.980. The van der Waals surface area contributed by atoms with Crippen LogP contribution in [0, 0.1) is 5.92 Å². The number of halogens is 1. The third-order valence-corrected chi connectivity index (χ3v) is 4.10. The number of hydrogen-bond donors (Lipinski definition) is 1. The van der Waals surface area contributed by atoms with Crippen molar-refractivity contribution in [1.82, 2.24) is 0 Å². The summed E-state index contributed by atoms with van der Waals surface area (Å²) >= 11 is 5.90. The van der Waals surface area contributed by atoms with Gasteiger partial charge in [0.1, 0.15) is 5.75 Å². The molecular weight excluding hydrogens is 340 g/mol. The topological polar surface area (TPSA) is 55.8 Å². The molecule has 0 fully saturated rings. The molecule has 0 radical (unpaired) electrons. The second-order valence-electron chi connectivity index (χ2n) is 5.64. The van der Waals surface area contributed by atoms with Crippen LogP contribution < -0.4 is 4.74 Å². The van der Waals surface area contributed by atoms with E-state index in [1.807, 2.05) is 31.2 Å². The quantitative estimate of drug-likeness (QED) is 0.715. The summed E-state index contributed by atoms with van der Waals surface area (Å²) in [6.45, 7) is 4.50. The van der Waals surface area contributed by atoms with Gasteiger partial charge in [0.25, 0.3) is 0 Å². The molecule has 0 spiro atoms. The highest BCUT2D eigenvalue weighted by Gasteiger charge is 2.29. The molecule has 2 aromatic carbocycles. The Morgan fingerprint density at radius 1 is 1.12 bits per heavy atom. The van der Waals surface area contributed by atoms with Crippen molar-refractivity contribution in [3.05, 3.63) is 64.7 Å². The van der Waals surface area contributed by atoms with E-state index in [1.165, 1.54) is 0 Å². The molecule has 1 N–H and O–H groups in total. The molecule has 2 rings (SSSR count). The fourth-order valence-electron chi connectivity index (χ4n) is 2.65. The van der Waals surface area contributed by atoms with Crippen molar-refractivity contribution < 1.29 is 19.4 Å². The lowest BCUT2D eigenvalue weighted by Gasteiger charge is -2.22. The van der Waals surface area contributed by atoms with Crippen molar-refractivity contribution in [3.8, 4) is 5.75 Å². The minimum absolute atomic E-state index is 0.266. The van der Waals surface area contributed by atoms with Crippen LogP contribution in [0.3, 0.4) is 0 Å². The molecule has 25 heavy (non-hydrogen) atoms.